The smallest absolute Gasteiger partial charge is 0.115 e. The van der Waals surface area contributed by atoms with Crippen molar-refractivity contribution in [3.8, 4) is 12.3 Å². The molecular weight excluding hydrogens is 290 g/mol. The Morgan fingerprint density at radius 2 is 1.64 bits per heavy atom. The van der Waals surface area contributed by atoms with Gasteiger partial charge in [0.2, 0.25) is 0 Å². The summed E-state index contributed by atoms with van der Waals surface area (Å²) in [4.78, 5) is 2.08. The zero-order valence-corrected chi connectivity index (χ0v) is 13.1. The number of hydrogen-bond donors (Lipinski definition) is 0. The summed E-state index contributed by atoms with van der Waals surface area (Å²) < 4.78 is 0. The van der Waals surface area contributed by atoms with Crippen molar-refractivity contribution < 1.29 is 0 Å². The molecule has 0 aliphatic heterocycles. The largest absolute Gasteiger partial charge is 0.357 e. The number of nitrogens with zero attached hydrogens (tertiary/aromatic N) is 1. The van der Waals surface area contributed by atoms with Gasteiger partial charge >= 0.3 is 0 Å². The van der Waals surface area contributed by atoms with E-state index in [4.69, 9.17) is 18.0 Å². The van der Waals surface area contributed by atoms with Gasteiger partial charge in [-0.15, -0.1) is 6.42 Å². The highest BCUT2D eigenvalue weighted by Gasteiger charge is 2.15. The Bertz CT molecular complexity index is 830. The Kier molecular flexibility index (Phi) is 4.04. The summed E-state index contributed by atoms with van der Waals surface area (Å²) in [6, 6.07) is 22.3. The maximum Gasteiger partial charge on any atom is 0.115 e. The summed E-state index contributed by atoms with van der Waals surface area (Å²) in [5, 5.41) is 3.14. The molecule has 0 aromatic heterocycles. The highest BCUT2D eigenvalue weighted by atomic mass is 35.5. The van der Waals surface area contributed by atoms with Crippen LogP contribution in [0.3, 0.4) is 0 Å². The molecule has 3 aromatic carbocycles. The van der Waals surface area contributed by atoms with Gasteiger partial charge in [0.05, 0.1) is 0 Å². The van der Waals surface area contributed by atoms with Crippen LogP contribution in [0.15, 0.2) is 66.7 Å². The van der Waals surface area contributed by atoms with Crippen LogP contribution in [-0.4, -0.2) is 7.05 Å². The fraction of sp³-hybridized carbons (Fsp3) is 0.100. The van der Waals surface area contributed by atoms with Gasteiger partial charge in [-0.3, -0.25) is 0 Å². The van der Waals surface area contributed by atoms with Crippen LogP contribution in [-0.2, 0) is 0 Å². The van der Waals surface area contributed by atoms with Crippen LogP contribution in [0.5, 0.6) is 0 Å². The Balaban J connectivity index is 1.98. The third-order valence-corrected chi connectivity index (χ3v) is 4.12. The SMILES string of the molecule is C#C[C@@H](c1ccc2ccccc2c1)N(C)c1ccc(Cl)cc1. The molecule has 2 heteroatoms. The predicted octanol–water partition coefficient (Wildman–Crippen LogP) is 5.30. The molecule has 0 amide bonds. The van der Waals surface area contributed by atoms with Crippen LogP contribution in [0.2, 0.25) is 5.02 Å². The van der Waals surface area contributed by atoms with Gasteiger partial charge in [0.25, 0.3) is 0 Å². The third kappa shape index (κ3) is 2.79. The molecule has 0 aliphatic carbocycles. The fourth-order valence-corrected chi connectivity index (χ4v) is 2.76. The van der Waals surface area contributed by atoms with Gasteiger partial charge in [-0.25, -0.2) is 0 Å². The van der Waals surface area contributed by atoms with Crippen LogP contribution in [0.25, 0.3) is 10.8 Å². The van der Waals surface area contributed by atoms with Gasteiger partial charge in [0.15, 0.2) is 0 Å². The first-order chi connectivity index (χ1) is 10.7. The van der Waals surface area contributed by atoms with E-state index in [0.29, 0.717) is 0 Å². The van der Waals surface area contributed by atoms with Crippen LogP contribution in [0.4, 0.5) is 5.69 Å². The second-order valence-electron chi connectivity index (χ2n) is 5.26. The van der Waals surface area contributed by atoms with Crippen molar-refractivity contribution in [2.45, 2.75) is 6.04 Å². The highest BCUT2D eigenvalue weighted by Crippen LogP contribution is 2.28. The summed E-state index contributed by atoms with van der Waals surface area (Å²) in [6.45, 7) is 0. The van der Waals surface area contributed by atoms with E-state index in [2.05, 4.69) is 41.2 Å². The molecule has 0 spiro atoms. The summed E-state index contributed by atoms with van der Waals surface area (Å²) >= 11 is 5.95. The molecule has 0 fully saturated rings. The summed E-state index contributed by atoms with van der Waals surface area (Å²) in [5.41, 5.74) is 2.15. The van der Waals surface area contributed by atoms with Gasteiger partial charge < -0.3 is 4.90 Å². The van der Waals surface area contributed by atoms with E-state index < -0.39 is 0 Å². The Hall–Kier alpha value is -2.43. The van der Waals surface area contributed by atoms with Gasteiger partial charge in [0.1, 0.15) is 6.04 Å². The normalized spacial score (nSPS) is 11.9. The molecule has 0 heterocycles. The first-order valence-corrected chi connectivity index (χ1v) is 7.50. The zero-order chi connectivity index (χ0) is 15.5. The lowest BCUT2D eigenvalue weighted by molar-refractivity contribution is 0.837. The molecular formula is C20H16ClN. The minimum atomic E-state index is -0.120. The minimum absolute atomic E-state index is 0.120. The van der Waals surface area contributed by atoms with Crippen LogP contribution in [0, 0.1) is 12.3 Å². The Labute approximate surface area is 136 Å². The van der Waals surface area contributed by atoms with Gasteiger partial charge in [-0.1, -0.05) is 53.9 Å². The molecule has 3 aromatic rings. The molecule has 0 radical (unpaired) electrons. The molecule has 3 rings (SSSR count). The number of anilines is 1. The lowest BCUT2D eigenvalue weighted by Crippen LogP contribution is -2.22. The van der Waals surface area contributed by atoms with Crippen molar-refractivity contribution in [3.05, 3.63) is 77.3 Å². The lowest BCUT2D eigenvalue weighted by atomic mass is 10.0. The molecule has 0 saturated heterocycles. The number of benzene rings is 3. The molecule has 0 unspecified atom stereocenters. The van der Waals surface area contributed by atoms with Crippen LogP contribution >= 0.6 is 11.6 Å². The standard InChI is InChI=1S/C20H16ClN/c1-3-20(22(2)19-12-10-18(21)11-13-19)17-9-8-15-6-4-5-7-16(15)14-17/h1,4-14,20H,2H3/t20-/m0/s1. The quantitative estimate of drug-likeness (QED) is 0.593. The molecule has 0 aliphatic rings. The minimum Gasteiger partial charge on any atom is -0.357 e. The van der Waals surface area contributed by atoms with E-state index in [0.717, 1.165) is 16.3 Å². The first kappa shape index (κ1) is 14.5. The first-order valence-electron chi connectivity index (χ1n) is 7.12. The summed E-state index contributed by atoms with van der Waals surface area (Å²) in [7, 11) is 2.00. The van der Waals surface area contributed by atoms with E-state index in [1.807, 2.05) is 43.4 Å². The van der Waals surface area contributed by atoms with E-state index in [-0.39, 0.29) is 6.04 Å². The monoisotopic (exact) mass is 305 g/mol. The van der Waals surface area contributed by atoms with Gasteiger partial charge in [0, 0.05) is 17.8 Å². The third-order valence-electron chi connectivity index (χ3n) is 3.87. The van der Waals surface area contributed by atoms with Crippen molar-refractivity contribution in [2.75, 3.05) is 11.9 Å². The average Bonchev–Trinajstić information content (AvgIpc) is 2.56. The molecule has 0 saturated carbocycles. The maximum absolute atomic E-state index is 5.95. The second kappa shape index (κ2) is 6.13. The van der Waals surface area contributed by atoms with Gasteiger partial charge in [-0.05, 0) is 46.7 Å². The van der Waals surface area contributed by atoms with Crippen molar-refractivity contribution >= 4 is 28.1 Å². The average molecular weight is 306 g/mol. The Morgan fingerprint density at radius 3 is 2.32 bits per heavy atom. The predicted molar refractivity (Wildman–Crippen MR) is 95.4 cm³/mol. The van der Waals surface area contributed by atoms with Crippen molar-refractivity contribution in [1.29, 1.82) is 0 Å². The molecule has 0 N–H and O–H groups in total. The summed E-state index contributed by atoms with van der Waals surface area (Å²) in [6.07, 6.45) is 5.80. The van der Waals surface area contributed by atoms with E-state index in [1.165, 1.54) is 10.8 Å². The van der Waals surface area contributed by atoms with E-state index >= 15 is 0 Å². The van der Waals surface area contributed by atoms with Crippen molar-refractivity contribution in [2.24, 2.45) is 0 Å². The number of fused-ring (bicyclic) bond motifs is 1. The van der Waals surface area contributed by atoms with Crippen LogP contribution < -0.4 is 4.90 Å². The highest BCUT2D eigenvalue weighted by molar-refractivity contribution is 6.30. The number of hydrogen-bond acceptors (Lipinski definition) is 1. The van der Waals surface area contributed by atoms with Crippen molar-refractivity contribution in [3.63, 3.8) is 0 Å². The van der Waals surface area contributed by atoms with E-state index in [9.17, 15) is 0 Å². The Morgan fingerprint density at radius 1 is 0.955 bits per heavy atom. The molecule has 1 atom stereocenters. The topological polar surface area (TPSA) is 3.24 Å². The van der Waals surface area contributed by atoms with E-state index in [1.54, 1.807) is 0 Å². The molecule has 22 heavy (non-hydrogen) atoms. The van der Waals surface area contributed by atoms with Crippen LogP contribution in [0.1, 0.15) is 11.6 Å². The molecule has 1 nitrogen and oxygen atoms in total. The lowest BCUT2D eigenvalue weighted by Gasteiger charge is -2.26. The number of terminal acetylenes is 1. The fourth-order valence-electron chi connectivity index (χ4n) is 2.63. The molecule has 108 valence electrons. The van der Waals surface area contributed by atoms with Gasteiger partial charge in [-0.2, -0.15) is 0 Å². The zero-order valence-electron chi connectivity index (χ0n) is 12.3. The maximum atomic E-state index is 5.95. The molecule has 0 bridgehead atoms. The second-order valence-corrected chi connectivity index (χ2v) is 5.70. The summed E-state index contributed by atoms with van der Waals surface area (Å²) in [5.74, 6) is 2.89. The van der Waals surface area contributed by atoms with Crippen molar-refractivity contribution in [1.82, 2.24) is 0 Å². The number of rotatable bonds is 3. The number of halogens is 1.